The molecular formula is C16H35LiO3S. The van der Waals surface area contributed by atoms with Crippen LogP contribution in [-0.2, 0) is 15.2 Å². The summed E-state index contributed by atoms with van der Waals surface area (Å²) in [5.74, 6) is 0. The molecule has 21 heavy (non-hydrogen) atoms. The van der Waals surface area contributed by atoms with E-state index in [0.29, 0.717) is 6.61 Å². The van der Waals surface area contributed by atoms with Gasteiger partial charge in [-0.1, -0.05) is 90.4 Å². The van der Waals surface area contributed by atoms with Crippen molar-refractivity contribution in [3.05, 3.63) is 0 Å². The second-order valence-corrected chi connectivity index (χ2v) is 6.36. The predicted molar refractivity (Wildman–Crippen MR) is 93.7 cm³/mol. The molecule has 0 saturated carbocycles. The minimum atomic E-state index is -2.64. The molecule has 0 heterocycles. The fourth-order valence-corrected chi connectivity index (χ4v) is 2.71. The van der Waals surface area contributed by atoms with Gasteiger partial charge < -0.3 is 0 Å². The van der Waals surface area contributed by atoms with Gasteiger partial charge in [-0.3, -0.25) is 4.18 Å². The standard InChI is InChI=1S/C16H34O3S.Li.H/c1-2-3-4-5-6-7-8-9-10-11-12-13-14-15-16-19-20(17)18;;/h20H,2-16H2,1H3;;. The van der Waals surface area contributed by atoms with Gasteiger partial charge >= 0.3 is 18.9 Å². The first-order valence-electron chi connectivity index (χ1n) is 8.54. The molecule has 0 aliphatic heterocycles. The van der Waals surface area contributed by atoms with Gasteiger partial charge in [0.25, 0.3) is 11.0 Å². The maximum atomic E-state index is 10.1. The Hall–Kier alpha value is 0.507. The SMILES string of the molecule is CCCCCCCCCCCCCCCCO[SH](=O)=O.[LiH]. The first-order valence-corrected chi connectivity index (χ1v) is 9.64. The molecule has 5 heteroatoms. The van der Waals surface area contributed by atoms with Crippen LogP contribution in [0.15, 0.2) is 0 Å². The van der Waals surface area contributed by atoms with E-state index in [2.05, 4.69) is 11.1 Å². The summed E-state index contributed by atoms with van der Waals surface area (Å²) in [6.45, 7) is 2.62. The quantitative estimate of drug-likeness (QED) is 0.261. The summed E-state index contributed by atoms with van der Waals surface area (Å²) in [6.07, 6.45) is 18.3. The number of rotatable bonds is 16. The molecule has 0 atom stereocenters. The molecular weight excluding hydrogens is 279 g/mol. The third-order valence-electron chi connectivity index (χ3n) is 3.69. The van der Waals surface area contributed by atoms with Crippen molar-refractivity contribution in [2.24, 2.45) is 0 Å². The van der Waals surface area contributed by atoms with E-state index in [1.54, 1.807) is 0 Å². The van der Waals surface area contributed by atoms with Crippen molar-refractivity contribution < 1.29 is 12.6 Å². The van der Waals surface area contributed by atoms with Crippen LogP contribution >= 0.6 is 0 Å². The normalized spacial score (nSPS) is 10.8. The van der Waals surface area contributed by atoms with Crippen molar-refractivity contribution in [1.29, 1.82) is 0 Å². The van der Waals surface area contributed by atoms with Crippen molar-refractivity contribution in [3.8, 4) is 0 Å². The monoisotopic (exact) mass is 314 g/mol. The van der Waals surface area contributed by atoms with Crippen molar-refractivity contribution in [1.82, 2.24) is 0 Å². The molecule has 0 fully saturated rings. The first kappa shape index (κ1) is 23.8. The fraction of sp³-hybridized carbons (Fsp3) is 1.00. The van der Waals surface area contributed by atoms with Crippen LogP contribution < -0.4 is 0 Å². The third-order valence-corrected chi connectivity index (χ3v) is 4.09. The van der Waals surface area contributed by atoms with Crippen molar-refractivity contribution in [3.63, 3.8) is 0 Å². The summed E-state index contributed by atoms with van der Waals surface area (Å²) in [7, 11) is -2.64. The fourth-order valence-electron chi connectivity index (χ4n) is 2.44. The molecule has 0 aromatic rings. The van der Waals surface area contributed by atoms with Gasteiger partial charge in [-0.25, -0.2) is 8.42 Å². The average Bonchev–Trinajstić information content (AvgIpc) is 2.43. The number of thiol groups is 1. The van der Waals surface area contributed by atoms with E-state index in [1.165, 1.54) is 77.0 Å². The molecule has 124 valence electrons. The van der Waals surface area contributed by atoms with Crippen LogP contribution in [0.3, 0.4) is 0 Å². The molecule has 0 aliphatic carbocycles. The Morgan fingerprint density at radius 3 is 1.29 bits per heavy atom. The summed E-state index contributed by atoms with van der Waals surface area (Å²) in [5, 5.41) is 0. The first-order chi connectivity index (χ1) is 9.77. The molecule has 0 amide bonds. The second-order valence-electron chi connectivity index (χ2n) is 5.65. The Morgan fingerprint density at radius 1 is 0.619 bits per heavy atom. The van der Waals surface area contributed by atoms with Crippen LogP contribution in [-0.4, -0.2) is 33.9 Å². The Bertz CT molecular complexity index is 250. The average molecular weight is 314 g/mol. The minimum absolute atomic E-state index is 0. The Kier molecular flexibility index (Phi) is 23.2. The van der Waals surface area contributed by atoms with E-state index in [0.717, 1.165) is 12.8 Å². The molecule has 0 aromatic carbocycles. The third kappa shape index (κ3) is 22.9. The van der Waals surface area contributed by atoms with Crippen LogP contribution in [0.1, 0.15) is 96.8 Å². The van der Waals surface area contributed by atoms with E-state index < -0.39 is 11.0 Å². The van der Waals surface area contributed by atoms with Crippen molar-refractivity contribution >= 4 is 29.8 Å². The van der Waals surface area contributed by atoms with E-state index in [-0.39, 0.29) is 18.9 Å². The Balaban J connectivity index is 0. The summed E-state index contributed by atoms with van der Waals surface area (Å²) < 4.78 is 24.8. The maximum absolute atomic E-state index is 10.1. The number of unbranched alkanes of at least 4 members (excludes halogenated alkanes) is 13. The molecule has 0 radical (unpaired) electrons. The topological polar surface area (TPSA) is 43.4 Å². The van der Waals surface area contributed by atoms with Gasteiger partial charge in [-0.05, 0) is 6.42 Å². The van der Waals surface area contributed by atoms with Crippen LogP contribution in [0.2, 0.25) is 0 Å². The van der Waals surface area contributed by atoms with Gasteiger partial charge in [0, 0.05) is 0 Å². The zero-order valence-electron chi connectivity index (χ0n) is 13.3. The summed E-state index contributed by atoms with van der Waals surface area (Å²) >= 11 is 0. The molecule has 0 bridgehead atoms. The van der Waals surface area contributed by atoms with Gasteiger partial charge in [0.1, 0.15) is 0 Å². The van der Waals surface area contributed by atoms with Gasteiger partial charge in [0.05, 0.1) is 6.61 Å². The molecule has 0 rings (SSSR count). The van der Waals surface area contributed by atoms with Crippen molar-refractivity contribution in [2.45, 2.75) is 96.8 Å². The molecule has 0 unspecified atom stereocenters. The Morgan fingerprint density at radius 2 is 0.952 bits per heavy atom. The predicted octanol–water partition coefficient (Wildman–Crippen LogP) is 4.36. The van der Waals surface area contributed by atoms with Gasteiger partial charge in [0.2, 0.25) is 0 Å². The molecule has 0 spiro atoms. The van der Waals surface area contributed by atoms with Gasteiger partial charge in [-0.15, -0.1) is 0 Å². The molecule has 3 nitrogen and oxygen atoms in total. The second kappa shape index (κ2) is 20.5. The van der Waals surface area contributed by atoms with E-state index >= 15 is 0 Å². The van der Waals surface area contributed by atoms with E-state index in [4.69, 9.17) is 0 Å². The zero-order valence-corrected chi connectivity index (χ0v) is 14.2. The van der Waals surface area contributed by atoms with Crippen LogP contribution in [0.5, 0.6) is 0 Å². The molecule has 0 aliphatic rings. The van der Waals surface area contributed by atoms with Crippen molar-refractivity contribution in [2.75, 3.05) is 6.61 Å². The van der Waals surface area contributed by atoms with Gasteiger partial charge in [-0.2, -0.15) is 0 Å². The number of hydrogen-bond acceptors (Lipinski definition) is 3. The number of hydrogen-bond donors (Lipinski definition) is 1. The Labute approximate surface area is 145 Å². The summed E-state index contributed by atoms with van der Waals surface area (Å²) in [5.41, 5.74) is 0. The summed E-state index contributed by atoms with van der Waals surface area (Å²) in [4.78, 5) is 0. The van der Waals surface area contributed by atoms with E-state index in [9.17, 15) is 8.42 Å². The zero-order chi connectivity index (χ0) is 14.9. The molecule has 0 N–H and O–H groups in total. The van der Waals surface area contributed by atoms with Crippen LogP contribution in [0, 0.1) is 0 Å². The van der Waals surface area contributed by atoms with Gasteiger partial charge in [0.15, 0.2) is 0 Å². The van der Waals surface area contributed by atoms with Crippen LogP contribution in [0.25, 0.3) is 0 Å². The van der Waals surface area contributed by atoms with Crippen LogP contribution in [0.4, 0.5) is 0 Å². The van der Waals surface area contributed by atoms with E-state index in [1.807, 2.05) is 0 Å². The summed E-state index contributed by atoms with van der Waals surface area (Å²) in [6, 6.07) is 0. The molecule has 0 aromatic heterocycles. The molecule has 0 saturated heterocycles.